The van der Waals surface area contributed by atoms with E-state index in [0.717, 1.165) is 25.3 Å². The van der Waals surface area contributed by atoms with Crippen molar-refractivity contribution < 1.29 is 37.3 Å². The SMILES string of the molecule is CCCCC(OC1CCCCO1)C(F)(F)/C=C/[C@@H]1[C@H]2CC(=O)O[C@H]2C[C@H]1OC(=O)c1ccccc1. The Morgan fingerprint density at radius 3 is 2.77 bits per heavy atom. The van der Waals surface area contributed by atoms with E-state index in [0.29, 0.717) is 31.4 Å². The highest BCUT2D eigenvalue weighted by Gasteiger charge is 2.51. The first-order valence-corrected chi connectivity index (χ1v) is 12.7. The number of benzene rings is 1. The van der Waals surface area contributed by atoms with Gasteiger partial charge in [0.15, 0.2) is 6.29 Å². The van der Waals surface area contributed by atoms with E-state index in [1.807, 2.05) is 6.92 Å². The minimum Gasteiger partial charge on any atom is -0.462 e. The number of halogens is 2. The van der Waals surface area contributed by atoms with Gasteiger partial charge in [-0.1, -0.05) is 44.0 Å². The maximum absolute atomic E-state index is 15.4. The smallest absolute Gasteiger partial charge is 0.338 e. The second-order valence-electron chi connectivity index (χ2n) is 9.62. The van der Waals surface area contributed by atoms with Gasteiger partial charge in [0.1, 0.15) is 18.3 Å². The van der Waals surface area contributed by atoms with Gasteiger partial charge in [-0.2, -0.15) is 8.78 Å². The van der Waals surface area contributed by atoms with Gasteiger partial charge in [0, 0.05) is 24.9 Å². The van der Waals surface area contributed by atoms with E-state index < -0.39 is 42.4 Å². The monoisotopic (exact) mass is 492 g/mol. The Kier molecular flexibility index (Phi) is 8.55. The van der Waals surface area contributed by atoms with Crippen molar-refractivity contribution >= 4 is 11.9 Å². The lowest BCUT2D eigenvalue weighted by Gasteiger charge is -2.31. The molecule has 3 aliphatic rings. The first-order valence-electron chi connectivity index (χ1n) is 12.7. The molecule has 3 fully saturated rings. The van der Waals surface area contributed by atoms with Gasteiger partial charge in [0.05, 0.1) is 12.0 Å². The Hall–Kier alpha value is -2.32. The lowest BCUT2D eigenvalue weighted by atomic mass is 9.90. The highest BCUT2D eigenvalue weighted by molar-refractivity contribution is 5.89. The molecule has 2 unspecified atom stereocenters. The van der Waals surface area contributed by atoms with Crippen molar-refractivity contribution in [3.8, 4) is 0 Å². The van der Waals surface area contributed by atoms with Crippen LogP contribution in [0.25, 0.3) is 0 Å². The Morgan fingerprint density at radius 2 is 2.06 bits per heavy atom. The van der Waals surface area contributed by atoms with Crippen LogP contribution in [0.2, 0.25) is 0 Å². The van der Waals surface area contributed by atoms with Crippen LogP contribution in [0.1, 0.15) is 68.6 Å². The average Bonchev–Trinajstić information content (AvgIpc) is 3.36. The zero-order valence-electron chi connectivity index (χ0n) is 20.1. The number of rotatable bonds is 10. The molecule has 8 heteroatoms. The lowest BCUT2D eigenvalue weighted by Crippen LogP contribution is -2.39. The summed E-state index contributed by atoms with van der Waals surface area (Å²) < 4.78 is 53.2. The van der Waals surface area contributed by atoms with Crippen molar-refractivity contribution in [2.75, 3.05) is 6.61 Å². The summed E-state index contributed by atoms with van der Waals surface area (Å²) in [6.45, 7) is 2.46. The summed E-state index contributed by atoms with van der Waals surface area (Å²) in [4.78, 5) is 24.5. The highest BCUT2D eigenvalue weighted by atomic mass is 19.3. The number of hydrogen-bond donors (Lipinski definition) is 0. The summed E-state index contributed by atoms with van der Waals surface area (Å²) in [6.07, 6.45) is 3.63. The van der Waals surface area contributed by atoms with Crippen molar-refractivity contribution in [2.24, 2.45) is 11.8 Å². The van der Waals surface area contributed by atoms with Gasteiger partial charge in [-0.3, -0.25) is 4.79 Å². The van der Waals surface area contributed by atoms with Crippen LogP contribution in [0.3, 0.4) is 0 Å². The van der Waals surface area contributed by atoms with Gasteiger partial charge < -0.3 is 18.9 Å². The topological polar surface area (TPSA) is 71.1 Å². The summed E-state index contributed by atoms with van der Waals surface area (Å²) >= 11 is 0. The van der Waals surface area contributed by atoms with Crippen LogP contribution in [0.15, 0.2) is 42.5 Å². The van der Waals surface area contributed by atoms with Gasteiger partial charge >= 0.3 is 11.9 Å². The molecule has 6 atom stereocenters. The summed E-state index contributed by atoms with van der Waals surface area (Å²) in [6, 6.07) is 8.53. The number of ether oxygens (including phenoxy) is 4. The Balaban J connectivity index is 1.49. The molecule has 6 nitrogen and oxygen atoms in total. The Labute approximate surface area is 204 Å². The molecule has 0 radical (unpaired) electrons. The summed E-state index contributed by atoms with van der Waals surface area (Å²) in [5.41, 5.74) is 0.384. The predicted octanol–water partition coefficient (Wildman–Crippen LogP) is 5.46. The van der Waals surface area contributed by atoms with Gasteiger partial charge in [0.2, 0.25) is 0 Å². The molecule has 0 amide bonds. The largest absolute Gasteiger partial charge is 0.462 e. The van der Waals surface area contributed by atoms with Gasteiger partial charge in [0.25, 0.3) is 5.92 Å². The van der Waals surface area contributed by atoms with Crippen LogP contribution < -0.4 is 0 Å². The highest BCUT2D eigenvalue weighted by Crippen LogP contribution is 2.44. The first-order chi connectivity index (χ1) is 16.9. The van der Waals surface area contributed by atoms with Crippen LogP contribution in [0, 0.1) is 11.8 Å². The van der Waals surface area contributed by atoms with Crippen LogP contribution >= 0.6 is 0 Å². The van der Waals surface area contributed by atoms with Gasteiger partial charge in [-0.15, -0.1) is 0 Å². The lowest BCUT2D eigenvalue weighted by molar-refractivity contribution is -0.229. The number of alkyl halides is 2. The van der Waals surface area contributed by atoms with Crippen LogP contribution in [0.5, 0.6) is 0 Å². The molecule has 1 saturated carbocycles. The van der Waals surface area contributed by atoms with Crippen molar-refractivity contribution in [2.45, 2.75) is 88.8 Å². The third kappa shape index (κ3) is 6.47. The van der Waals surface area contributed by atoms with Crippen molar-refractivity contribution in [3.05, 3.63) is 48.0 Å². The van der Waals surface area contributed by atoms with E-state index in [-0.39, 0.29) is 24.7 Å². The molecule has 2 heterocycles. The maximum Gasteiger partial charge on any atom is 0.338 e. The normalized spacial score (nSPS) is 29.7. The minimum atomic E-state index is -3.24. The average molecular weight is 493 g/mol. The van der Waals surface area contributed by atoms with E-state index in [9.17, 15) is 9.59 Å². The van der Waals surface area contributed by atoms with Gasteiger partial charge in [-0.05, 0) is 43.9 Å². The molecule has 1 aromatic carbocycles. The number of esters is 2. The number of hydrogen-bond acceptors (Lipinski definition) is 6. The minimum absolute atomic E-state index is 0.121. The summed E-state index contributed by atoms with van der Waals surface area (Å²) in [5, 5.41) is 0. The molecule has 1 aliphatic carbocycles. The Morgan fingerprint density at radius 1 is 1.26 bits per heavy atom. The maximum atomic E-state index is 15.4. The van der Waals surface area contributed by atoms with Crippen molar-refractivity contribution in [1.82, 2.24) is 0 Å². The van der Waals surface area contributed by atoms with E-state index in [1.165, 1.54) is 6.08 Å². The predicted molar refractivity (Wildman–Crippen MR) is 124 cm³/mol. The number of carbonyl (C=O) groups excluding carboxylic acids is 2. The second kappa shape index (κ2) is 11.6. The fourth-order valence-electron chi connectivity index (χ4n) is 5.16. The Bertz CT molecular complexity index is 883. The molecular weight excluding hydrogens is 458 g/mol. The summed E-state index contributed by atoms with van der Waals surface area (Å²) in [5.74, 6) is -4.98. The molecule has 35 heavy (non-hydrogen) atoms. The van der Waals surface area contributed by atoms with Crippen LogP contribution in [0.4, 0.5) is 8.78 Å². The molecule has 0 aromatic heterocycles. The molecule has 0 bridgehead atoms. The molecular formula is C27H34F2O6. The van der Waals surface area contributed by atoms with Gasteiger partial charge in [-0.25, -0.2) is 4.79 Å². The zero-order valence-corrected chi connectivity index (χ0v) is 20.1. The molecule has 4 rings (SSSR count). The van der Waals surface area contributed by atoms with Crippen LogP contribution in [-0.4, -0.2) is 49.1 Å². The van der Waals surface area contributed by atoms with E-state index in [4.69, 9.17) is 18.9 Å². The fourth-order valence-corrected chi connectivity index (χ4v) is 5.16. The number of carbonyl (C=O) groups is 2. The van der Waals surface area contributed by atoms with Crippen molar-refractivity contribution in [3.63, 3.8) is 0 Å². The zero-order chi connectivity index (χ0) is 24.8. The number of fused-ring (bicyclic) bond motifs is 1. The molecule has 0 spiro atoms. The van der Waals surface area contributed by atoms with E-state index >= 15 is 8.78 Å². The fraction of sp³-hybridized carbons (Fsp3) is 0.630. The standard InChI is InChI=1S/C27H34F2O6/c1-2-3-11-23(35-25-12-7-8-15-32-25)27(28,29)14-13-19-20-16-24(30)33-22(20)17-21(19)34-26(31)18-9-5-4-6-10-18/h4-6,9-10,13-14,19-23,25H,2-3,7-8,11-12,15-17H2,1H3/b14-13+/t19-,20-,21-,22+,23?,25?/m1/s1. The number of unbranched alkanes of at least 4 members (excludes halogenated alkanes) is 1. The first kappa shape index (κ1) is 25.8. The quantitative estimate of drug-likeness (QED) is 0.319. The van der Waals surface area contributed by atoms with E-state index in [1.54, 1.807) is 30.3 Å². The third-order valence-corrected chi connectivity index (χ3v) is 7.06. The molecule has 0 N–H and O–H groups in total. The third-order valence-electron chi connectivity index (χ3n) is 7.06. The van der Waals surface area contributed by atoms with Crippen molar-refractivity contribution in [1.29, 1.82) is 0 Å². The van der Waals surface area contributed by atoms with E-state index in [2.05, 4.69) is 0 Å². The molecule has 2 aliphatic heterocycles. The molecule has 1 aromatic rings. The second-order valence-corrected chi connectivity index (χ2v) is 9.62. The van der Waals surface area contributed by atoms with Crippen LogP contribution in [-0.2, 0) is 23.7 Å². The summed E-state index contributed by atoms with van der Waals surface area (Å²) in [7, 11) is 0. The molecule has 2 saturated heterocycles. The molecule has 192 valence electrons.